The maximum absolute atomic E-state index is 12.1. The van der Waals surface area contributed by atoms with Crippen LogP contribution in [0, 0.1) is 0 Å². The van der Waals surface area contributed by atoms with Gasteiger partial charge in [0, 0.05) is 19.0 Å². The molecule has 1 amide bonds. The van der Waals surface area contributed by atoms with Crippen LogP contribution in [0.2, 0.25) is 0 Å². The number of hydrogen-bond acceptors (Lipinski definition) is 4. The normalized spacial score (nSPS) is 21.8. The Morgan fingerprint density at radius 1 is 1.50 bits per heavy atom. The number of oxime groups is 1. The summed E-state index contributed by atoms with van der Waals surface area (Å²) in [4.78, 5) is 13.7. The number of carbonyl (C=O) groups excluding carboxylic acids is 1. The number of likely N-dealkylation sites (tertiary alicyclic amines) is 1. The topological polar surface area (TPSA) is 88.2 Å². The summed E-state index contributed by atoms with van der Waals surface area (Å²) in [6, 6.07) is -0.0375. The molecule has 1 atom stereocenters. The van der Waals surface area contributed by atoms with Crippen molar-refractivity contribution in [3.05, 3.63) is 0 Å². The third-order valence-corrected chi connectivity index (χ3v) is 2.83. The first-order valence-corrected chi connectivity index (χ1v) is 6.29. The number of carbonyl (C=O) groups is 1. The maximum atomic E-state index is 12.1. The van der Waals surface area contributed by atoms with Crippen LogP contribution in [0.15, 0.2) is 5.16 Å². The van der Waals surface area contributed by atoms with Gasteiger partial charge in [-0.05, 0) is 40.0 Å². The van der Waals surface area contributed by atoms with E-state index in [4.69, 9.17) is 15.7 Å². The molecule has 18 heavy (non-hydrogen) atoms. The molecule has 0 saturated carbocycles. The second-order valence-corrected chi connectivity index (χ2v) is 5.62. The fraction of sp³-hybridized carbons (Fsp3) is 0.833. The molecule has 1 fully saturated rings. The van der Waals surface area contributed by atoms with E-state index in [1.807, 2.05) is 20.8 Å². The highest BCUT2D eigenvalue weighted by Crippen LogP contribution is 2.22. The van der Waals surface area contributed by atoms with Gasteiger partial charge in [-0.2, -0.15) is 0 Å². The Bertz CT molecular complexity index is 323. The highest BCUT2D eigenvalue weighted by molar-refractivity contribution is 5.81. The molecular weight excluding hydrogens is 234 g/mol. The van der Waals surface area contributed by atoms with Crippen LogP contribution in [-0.4, -0.2) is 40.2 Å². The Hall–Kier alpha value is -1.46. The van der Waals surface area contributed by atoms with Gasteiger partial charge < -0.3 is 20.6 Å². The lowest BCUT2D eigenvalue weighted by molar-refractivity contribution is 0.0106. The smallest absolute Gasteiger partial charge is 0.410 e. The zero-order valence-corrected chi connectivity index (χ0v) is 11.3. The standard InChI is InChI=1S/C12H23N3O3/c1-12(2,3)18-11(16)15-7-5-4-6-9(15)8-10(13)14-17/h9,17H,4-8H2,1-3H3,(H2,13,14). The van der Waals surface area contributed by atoms with Gasteiger partial charge in [0.1, 0.15) is 11.4 Å². The second-order valence-electron chi connectivity index (χ2n) is 5.62. The van der Waals surface area contributed by atoms with Gasteiger partial charge in [0.25, 0.3) is 0 Å². The van der Waals surface area contributed by atoms with Crippen LogP contribution in [0.3, 0.4) is 0 Å². The maximum Gasteiger partial charge on any atom is 0.410 e. The predicted molar refractivity (Wildman–Crippen MR) is 68.6 cm³/mol. The average Bonchev–Trinajstić information content (AvgIpc) is 2.27. The average molecular weight is 257 g/mol. The molecule has 6 heteroatoms. The molecule has 1 rings (SSSR count). The van der Waals surface area contributed by atoms with E-state index in [-0.39, 0.29) is 18.0 Å². The molecule has 1 heterocycles. The summed E-state index contributed by atoms with van der Waals surface area (Å²) >= 11 is 0. The number of piperidine rings is 1. The molecule has 0 aromatic heterocycles. The van der Waals surface area contributed by atoms with Gasteiger partial charge in [0.2, 0.25) is 0 Å². The Kier molecular flexibility index (Phi) is 4.81. The Balaban J connectivity index is 2.67. The van der Waals surface area contributed by atoms with Crippen LogP contribution in [0.5, 0.6) is 0 Å². The number of hydrogen-bond donors (Lipinski definition) is 2. The van der Waals surface area contributed by atoms with Crippen molar-refractivity contribution in [2.75, 3.05) is 6.54 Å². The molecule has 6 nitrogen and oxygen atoms in total. The molecule has 3 N–H and O–H groups in total. The number of rotatable bonds is 2. The van der Waals surface area contributed by atoms with E-state index in [1.165, 1.54) is 0 Å². The van der Waals surface area contributed by atoms with Gasteiger partial charge in [0.15, 0.2) is 0 Å². The molecule has 0 aliphatic carbocycles. The zero-order chi connectivity index (χ0) is 13.8. The minimum atomic E-state index is -0.504. The number of amides is 1. The van der Waals surface area contributed by atoms with Gasteiger partial charge in [-0.25, -0.2) is 4.79 Å². The lowest BCUT2D eigenvalue weighted by Gasteiger charge is -2.36. The Labute approximate surface area is 108 Å². The van der Waals surface area contributed by atoms with Crippen molar-refractivity contribution in [1.82, 2.24) is 4.90 Å². The summed E-state index contributed by atoms with van der Waals surface area (Å²) in [7, 11) is 0. The van der Waals surface area contributed by atoms with Gasteiger partial charge in [-0.15, -0.1) is 0 Å². The summed E-state index contributed by atoms with van der Waals surface area (Å²) in [6.45, 7) is 6.19. The molecule has 0 bridgehead atoms. The predicted octanol–water partition coefficient (Wildman–Crippen LogP) is 1.91. The summed E-state index contributed by atoms with van der Waals surface area (Å²) < 4.78 is 5.37. The monoisotopic (exact) mass is 257 g/mol. The van der Waals surface area contributed by atoms with Crippen molar-refractivity contribution in [1.29, 1.82) is 0 Å². The third kappa shape index (κ3) is 4.43. The van der Waals surface area contributed by atoms with E-state index >= 15 is 0 Å². The van der Waals surface area contributed by atoms with Crippen LogP contribution in [0.25, 0.3) is 0 Å². The van der Waals surface area contributed by atoms with Gasteiger partial charge in [-0.3, -0.25) is 0 Å². The van der Waals surface area contributed by atoms with Crippen LogP contribution in [0.4, 0.5) is 4.79 Å². The molecule has 1 saturated heterocycles. The summed E-state index contributed by atoms with van der Waals surface area (Å²) in [5.41, 5.74) is 5.01. The molecule has 0 spiro atoms. The van der Waals surface area contributed by atoms with Crippen molar-refractivity contribution in [3.63, 3.8) is 0 Å². The lowest BCUT2D eigenvalue weighted by Crippen LogP contribution is -2.47. The molecule has 1 aliphatic rings. The number of nitrogens with two attached hydrogens (primary N) is 1. The first kappa shape index (κ1) is 14.6. The molecule has 104 valence electrons. The minimum absolute atomic E-state index is 0.0375. The fourth-order valence-electron chi connectivity index (χ4n) is 2.06. The Morgan fingerprint density at radius 2 is 2.17 bits per heavy atom. The van der Waals surface area contributed by atoms with Crippen molar-refractivity contribution < 1.29 is 14.7 Å². The summed E-state index contributed by atoms with van der Waals surface area (Å²) in [5, 5.41) is 11.6. The van der Waals surface area contributed by atoms with E-state index in [9.17, 15) is 4.79 Å². The molecule has 0 radical (unpaired) electrons. The minimum Gasteiger partial charge on any atom is -0.444 e. The largest absolute Gasteiger partial charge is 0.444 e. The van der Waals surface area contributed by atoms with Crippen molar-refractivity contribution in [2.24, 2.45) is 10.9 Å². The highest BCUT2D eigenvalue weighted by Gasteiger charge is 2.30. The van der Waals surface area contributed by atoms with E-state index in [0.717, 1.165) is 19.3 Å². The first-order chi connectivity index (χ1) is 8.33. The summed E-state index contributed by atoms with van der Waals surface area (Å²) in [5.74, 6) is 0.149. The molecular formula is C12H23N3O3. The van der Waals surface area contributed by atoms with Gasteiger partial charge >= 0.3 is 6.09 Å². The van der Waals surface area contributed by atoms with E-state index in [1.54, 1.807) is 4.90 Å². The lowest BCUT2D eigenvalue weighted by atomic mass is 9.99. The van der Waals surface area contributed by atoms with Crippen LogP contribution in [0.1, 0.15) is 46.5 Å². The molecule has 0 aromatic carbocycles. The quantitative estimate of drug-likeness (QED) is 0.342. The Morgan fingerprint density at radius 3 is 2.72 bits per heavy atom. The van der Waals surface area contributed by atoms with E-state index < -0.39 is 5.60 Å². The summed E-state index contributed by atoms with van der Waals surface area (Å²) in [6.07, 6.45) is 2.93. The van der Waals surface area contributed by atoms with Crippen LogP contribution in [-0.2, 0) is 4.74 Å². The number of ether oxygens (including phenoxy) is 1. The zero-order valence-electron chi connectivity index (χ0n) is 11.3. The fourth-order valence-corrected chi connectivity index (χ4v) is 2.06. The van der Waals surface area contributed by atoms with Crippen molar-refractivity contribution in [2.45, 2.75) is 58.1 Å². The van der Waals surface area contributed by atoms with E-state index in [2.05, 4.69) is 5.16 Å². The van der Waals surface area contributed by atoms with Crippen molar-refractivity contribution >= 4 is 11.9 Å². The van der Waals surface area contributed by atoms with Crippen LogP contribution < -0.4 is 5.73 Å². The van der Waals surface area contributed by atoms with E-state index in [0.29, 0.717) is 13.0 Å². The number of nitrogens with zero attached hydrogens (tertiary/aromatic N) is 2. The highest BCUT2D eigenvalue weighted by atomic mass is 16.6. The molecule has 1 unspecified atom stereocenters. The third-order valence-electron chi connectivity index (χ3n) is 2.83. The first-order valence-electron chi connectivity index (χ1n) is 6.29. The molecule has 0 aromatic rings. The molecule has 1 aliphatic heterocycles. The number of amidine groups is 1. The second kappa shape index (κ2) is 5.93. The van der Waals surface area contributed by atoms with Gasteiger partial charge in [0.05, 0.1) is 0 Å². The van der Waals surface area contributed by atoms with Crippen LogP contribution >= 0.6 is 0 Å². The van der Waals surface area contributed by atoms with Gasteiger partial charge in [-0.1, -0.05) is 5.16 Å². The van der Waals surface area contributed by atoms with Crippen molar-refractivity contribution in [3.8, 4) is 0 Å². The SMILES string of the molecule is CC(C)(C)OC(=O)N1CCCCC1C/C(N)=N\O.